The van der Waals surface area contributed by atoms with Crippen LogP contribution in [0.3, 0.4) is 0 Å². The van der Waals surface area contributed by atoms with E-state index in [9.17, 15) is 4.79 Å². The van der Waals surface area contributed by atoms with Gasteiger partial charge in [0.2, 0.25) is 5.91 Å². The van der Waals surface area contributed by atoms with E-state index in [-0.39, 0.29) is 24.6 Å². The molecule has 0 unspecified atom stereocenters. The molecule has 166 valence electrons. The molecule has 1 fully saturated rings. The van der Waals surface area contributed by atoms with Crippen LogP contribution in [-0.4, -0.2) is 36.8 Å². The number of pyridine rings is 1. The standard InChI is InChI=1S/C23H24N4O4S/c1-14-7-9-19(31-14)22-21(16-6-4-5-11-24-16)26-23(32)27(22)15-8-10-18(30-3)17(12-15)25-20(28)13-29-2/h4-12,21-22H,13H2,1-3H3,(H,25,28)(H,26,32)/t21-,22+/m1/s1. The summed E-state index contributed by atoms with van der Waals surface area (Å²) in [6.07, 6.45) is 1.75. The highest BCUT2D eigenvalue weighted by atomic mass is 32.1. The zero-order chi connectivity index (χ0) is 22.7. The SMILES string of the molecule is COCC(=O)Nc1cc(N2C(=S)N[C@H](c3ccccn3)[C@@H]2c2ccc(C)o2)ccc1OC. The average Bonchev–Trinajstić information content (AvgIpc) is 3.37. The number of hydrogen-bond donors (Lipinski definition) is 2. The number of amides is 1. The predicted octanol–water partition coefficient (Wildman–Crippen LogP) is 3.75. The lowest BCUT2D eigenvalue weighted by Gasteiger charge is -2.27. The molecule has 0 aliphatic carbocycles. The highest BCUT2D eigenvalue weighted by Gasteiger charge is 2.42. The molecule has 1 aliphatic rings. The van der Waals surface area contributed by atoms with Gasteiger partial charge < -0.3 is 29.4 Å². The molecular weight excluding hydrogens is 428 g/mol. The lowest BCUT2D eigenvalue weighted by atomic mass is 10.0. The molecule has 8 nitrogen and oxygen atoms in total. The van der Waals surface area contributed by atoms with Crippen molar-refractivity contribution in [1.82, 2.24) is 10.3 Å². The first kappa shape index (κ1) is 21.8. The molecule has 1 aromatic carbocycles. The quantitative estimate of drug-likeness (QED) is 0.524. The molecule has 0 spiro atoms. The topological polar surface area (TPSA) is 88.9 Å². The van der Waals surface area contributed by atoms with Gasteiger partial charge in [-0.3, -0.25) is 9.78 Å². The van der Waals surface area contributed by atoms with Crippen molar-refractivity contribution in [3.8, 4) is 5.75 Å². The number of aryl methyl sites for hydroxylation is 1. The van der Waals surface area contributed by atoms with Gasteiger partial charge in [0.25, 0.3) is 0 Å². The van der Waals surface area contributed by atoms with Crippen molar-refractivity contribution in [2.45, 2.75) is 19.0 Å². The van der Waals surface area contributed by atoms with Crippen molar-refractivity contribution >= 4 is 34.6 Å². The minimum absolute atomic E-state index is 0.0624. The number of thiocarbonyl (C=S) groups is 1. The summed E-state index contributed by atoms with van der Waals surface area (Å²) in [5.74, 6) is 1.81. The Morgan fingerprint density at radius 3 is 2.75 bits per heavy atom. The zero-order valence-corrected chi connectivity index (χ0v) is 18.8. The summed E-state index contributed by atoms with van der Waals surface area (Å²) >= 11 is 5.72. The van der Waals surface area contributed by atoms with E-state index in [1.54, 1.807) is 19.4 Å². The Labute approximate surface area is 191 Å². The van der Waals surface area contributed by atoms with Crippen LogP contribution in [0.2, 0.25) is 0 Å². The summed E-state index contributed by atoms with van der Waals surface area (Å²) < 4.78 is 16.4. The van der Waals surface area contributed by atoms with E-state index in [0.29, 0.717) is 16.5 Å². The molecule has 0 radical (unpaired) electrons. The van der Waals surface area contributed by atoms with Crippen LogP contribution in [-0.2, 0) is 9.53 Å². The van der Waals surface area contributed by atoms with Gasteiger partial charge in [-0.05, 0) is 61.6 Å². The Kier molecular flexibility index (Phi) is 6.38. The summed E-state index contributed by atoms with van der Waals surface area (Å²) in [6, 6.07) is 14.7. The Bertz CT molecular complexity index is 1120. The predicted molar refractivity (Wildman–Crippen MR) is 125 cm³/mol. The molecule has 4 rings (SSSR count). The summed E-state index contributed by atoms with van der Waals surface area (Å²) in [5.41, 5.74) is 2.14. The fraction of sp³-hybridized carbons (Fsp3) is 0.261. The van der Waals surface area contributed by atoms with Crippen LogP contribution in [0.5, 0.6) is 5.75 Å². The first-order valence-corrected chi connectivity index (χ1v) is 10.5. The number of benzene rings is 1. The molecule has 2 N–H and O–H groups in total. The number of carbonyl (C=O) groups excluding carboxylic acids is 1. The molecular formula is C23H24N4O4S. The van der Waals surface area contributed by atoms with Crippen molar-refractivity contribution in [3.63, 3.8) is 0 Å². The maximum absolute atomic E-state index is 12.1. The third-order valence-corrected chi connectivity index (χ3v) is 5.48. The Morgan fingerprint density at radius 1 is 1.25 bits per heavy atom. The van der Waals surface area contributed by atoms with Gasteiger partial charge in [-0.25, -0.2) is 0 Å². The fourth-order valence-electron chi connectivity index (χ4n) is 3.80. The fourth-order valence-corrected chi connectivity index (χ4v) is 4.14. The van der Waals surface area contributed by atoms with Crippen molar-refractivity contribution in [1.29, 1.82) is 0 Å². The second-order valence-electron chi connectivity index (χ2n) is 7.31. The number of nitrogens with zero attached hydrogens (tertiary/aromatic N) is 2. The number of rotatable bonds is 7. The molecule has 9 heteroatoms. The van der Waals surface area contributed by atoms with Crippen LogP contribution in [0.4, 0.5) is 11.4 Å². The Morgan fingerprint density at radius 2 is 2.09 bits per heavy atom. The van der Waals surface area contributed by atoms with E-state index in [4.69, 9.17) is 26.1 Å². The lowest BCUT2D eigenvalue weighted by molar-refractivity contribution is -0.119. The first-order chi connectivity index (χ1) is 15.5. The number of methoxy groups -OCH3 is 2. The van der Waals surface area contributed by atoms with Crippen molar-refractivity contribution < 1.29 is 18.7 Å². The van der Waals surface area contributed by atoms with E-state index < -0.39 is 0 Å². The van der Waals surface area contributed by atoms with E-state index in [1.807, 2.05) is 54.3 Å². The number of aromatic nitrogens is 1. The number of hydrogen-bond acceptors (Lipinski definition) is 6. The van der Waals surface area contributed by atoms with Crippen LogP contribution in [0.25, 0.3) is 0 Å². The molecule has 1 saturated heterocycles. The number of anilines is 2. The largest absolute Gasteiger partial charge is 0.495 e. The number of furan rings is 1. The third kappa shape index (κ3) is 4.30. The molecule has 0 bridgehead atoms. The molecule has 32 heavy (non-hydrogen) atoms. The van der Waals surface area contributed by atoms with Crippen LogP contribution in [0.15, 0.2) is 59.1 Å². The maximum atomic E-state index is 12.1. The van der Waals surface area contributed by atoms with Crippen LogP contribution < -0.4 is 20.3 Å². The second-order valence-corrected chi connectivity index (χ2v) is 7.70. The van der Waals surface area contributed by atoms with Crippen LogP contribution >= 0.6 is 12.2 Å². The summed E-state index contributed by atoms with van der Waals surface area (Å²) in [5, 5.41) is 6.74. The zero-order valence-electron chi connectivity index (χ0n) is 18.0. The van der Waals surface area contributed by atoms with Gasteiger partial charge in [0.1, 0.15) is 29.9 Å². The monoisotopic (exact) mass is 452 g/mol. The van der Waals surface area contributed by atoms with Gasteiger partial charge in [-0.2, -0.15) is 0 Å². The highest BCUT2D eigenvalue weighted by molar-refractivity contribution is 7.80. The summed E-state index contributed by atoms with van der Waals surface area (Å²) in [7, 11) is 3.02. The maximum Gasteiger partial charge on any atom is 0.250 e. The number of carbonyl (C=O) groups is 1. The van der Waals surface area contributed by atoms with Gasteiger partial charge in [0, 0.05) is 19.0 Å². The van der Waals surface area contributed by atoms with Gasteiger partial charge in [0.05, 0.1) is 24.5 Å². The molecule has 2 aromatic heterocycles. The van der Waals surface area contributed by atoms with Gasteiger partial charge in [-0.15, -0.1) is 0 Å². The number of nitrogens with one attached hydrogen (secondary N) is 2. The van der Waals surface area contributed by atoms with Gasteiger partial charge >= 0.3 is 0 Å². The minimum atomic E-state index is -0.283. The van der Waals surface area contributed by atoms with E-state index >= 15 is 0 Å². The Balaban J connectivity index is 1.77. The second kappa shape index (κ2) is 9.37. The average molecular weight is 453 g/mol. The highest BCUT2D eigenvalue weighted by Crippen LogP contribution is 2.43. The smallest absolute Gasteiger partial charge is 0.250 e. The van der Waals surface area contributed by atoms with Crippen molar-refractivity contribution in [2.75, 3.05) is 31.0 Å². The molecule has 1 aliphatic heterocycles. The Hall–Kier alpha value is -3.43. The van der Waals surface area contributed by atoms with E-state index in [1.165, 1.54) is 7.11 Å². The van der Waals surface area contributed by atoms with Crippen LogP contribution in [0, 0.1) is 6.92 Å². The van der Waals surface area contributed by atoms with E-state index in [0.717, 1.165) is 22.9 Å². The van der Waals surface area contributed by atoms with E-state index in [2.05, 4.69) is 15.6 Å². The van der Waals surface area contributed by atoms with Crippen molar-refractivity contribution in [2.24, 2.45) is 0 Å². The third-order valence-electron chi connectivity index (χ3n) is 5.16. The molecule has 2 atom stereocenters. The molecule has 0 saturated carbocycles. The van der Waals surface area contributed by atoms with Crippen LogP contribution in [0.1, 0.15) is 29.3 Å². The normalized spacial score (nSPS) is 17.8. The van der Waals surface area contributed by atoms with Gasteiger partial charge in [0.15, 0.2) is 5.11 Å². The van der Waals surface area contributed by atoms with Crippen molar-refractivity contribution in [3.05, 3.63) is 71.9 Å². The lowest BCUT2D eigenvalue weighted by Crippen LogP contribution is -2.29. The minimum Gasteiger partial charge on any atom is -0.495 e. The summed E-state index contributed by atoms with van der Waals surface area (Å²) in [4.78, 5) is 18.6. The first-order valence-electron chi connectivity index (χ1n) is 10.1. The summed E-state index contributed by atoms with van der Waals surface area (Å²) in [6.45, 7) is 1.84. The number of ether oxygens (including phenoxy) is 2. The molecule has 3 heterocycles. The molecule has 1 amide bonds. The molecule has 3 aromatic rings. The van der Waals surface area contributed by atoms with Gasteiger partial charge in [-0.1, -0.05) is 6.07 Å².